The van der Waals surface area contributed by atoms with Gasteiger partial charge in [0.1, 0.15) is 18.1 Å². The summed E-state index contributed by atoms with van der Waals surface area (Å²) in [6.45, 7) is 5.77. The largest absolute Gasteiger partial charge is 0.494 e. The predicted molar refractivity (Wildman–Crippen MR) is 182 cm³/mol. The van der Waals surface area contributed by atoms with Crippen LogP contribution in [0.4, 0.5) is 0 Å². The van der Waals surface area contributed by atoms with Crippen LogP contribution in [-0.4, -0.2) is 106 Å². The molecule has 0 fully saturated rings. The fraction of sp³-hybridized carbons (Fsp3) is 0.694. The molecule has 0 heterocycles. The van der Waals surface area contributed by atoms with Gasteiger partial charge in [0.25, 0.3) is 0 Å². The van der Waals surface area contributed by atoms with Crippen molar-refractivity contribution in [2.24, 2.45) is 5.92 Å². The maximum absolute atomic E-state index is 12.4. The van der Waals surface area contributed by atoms with Gasteiger partial charge in [0, 0.05) is 45.4 Å². The summed E-state index contributed by atoms with van der Waals surface area (Å²) in [6, 6.07) is 6.34. The minimum Gasteiger partial charge on any atom is -0.494 e. The van der Waals surface area contributed by atoms with Crippen LogP contribution in [0.25, 0.3) is 0 Å². The van der Waals surface area contributed by atoms with Crippen LogP contribution in [0, 0.1) is 5.92 Å². The Hall–Kier alpha value is -3.39. The van der Waals surface area contributed by atoms with Crippen LogP contribution in [-0.2, 0) is 38.1 Å². The van der Waals surface area contributed by atoms with E-state index in [1.165, 1.54) is 12.1 Å². The lowest BCUT2D eigenvalue weighted by atomic mass is 9.94. The fourth-order valence-electron chi connectivity index (χ4n) is 4.75. The highest BCUT2D eigenvalue weighted by Gasteiger charge is 2.22. The van der Waals surface area contributed by atoms with E-state index in [-0.39, 0.29) is 75.3 Å². The molecule has 3 N–H and O–H groups in total. The molecule has 1 atom stereocenters. The summed E-state index contributed by atoms with van der Waals surface area (Å²) in [4.78, 5) is 58.9. The third-order valence-corrected chi connectivity index (χ3v) is 7.54. The molecule has 13 nitrogen and oxygen atoms in total. The van der Waals surface area contributed by atoms with Gasteiger partial charge >= 0.3 is 11.9 Å². The summed E-state index contributed by atoms with van der Waals surface area (Å²) in [5.74, 6) is -2.68. The number of Topliss-reactive ketones (excluding diaryl/α,β-unsaturated/α-hetero) is 2. The Bertz CT molecular complexity index is 1060. The minimum atomic E-state index is -1.07. The summed E-state index contributed by atoms with van der Waals surface area (Å²) in [5.41, 5.74) is 0.226. The molecule has 49 heavy (non-hydrogen) atoms. The number of carbonyl (C=O) groups is 5. The van der Waals surface area contributed by atoms with Gasteiger partial charge in [0.15, 0.2) is 5.78 Å². The van der Waals surface area contributed by atoms with Crippen molar-refractivity contribution in [3.05, 3.63) is 29.8 Å². The van der Waals surface area contributed by atoms with E-state index in [4.69, 9.17) is 28.8 Å². The smallest absolute Gasteiger partial charge is 0.335 e. The number of carbonyl (C=O) groups excluding carboxylic acids is 3. The lowest BCUT2D eigenvalue weighted by Crippen LogP contribution is -2.29. The van der Waals surface area contributed by atoms with Gasteiger partial charge in [-0.15, -0.1) is 0 Å². The highest BCUT2D eigenvalue weighted by atomic mass is 16.5. The number of unbranched alkanes of at least 4 members (excludes halogenated alkanes) is 6. The monoisotopic (exact) mass is 695 g/mol. The summed E-state index contributed by atoms with van der Waals surface area (Å²) in [6.07, 6.45) is 8.00. The number of hydrogen-bond acceptors (Lipinski definition) is 10. The summed E-state index contributed by atoms with van der Waals surface area (Å²) >= 11 is 0. The highest BCUT2D eigenvalue weighted by Crippen LogP contribution is 2.17. The number of nitrogens with one attached hydrogen (secondary N) is 1. The summed E-state index contributed by atoms with van der Waals surface area (Å²) in [7, 11) is 0. The van der Waals surface area contributed by atoms with Gasteiger partial charge in [-0.05, 0) is 56.9 Å². The molecule has 13 heteroatoms. The number of ether oxygens (including phenoxy) is 5. The average Bonchev–Trinajstić information content (AvgIpc) is 3.08. The number of rotatable bonds is 34. The first-order valence-electron chi connectivity index (χ1n) is 17.5. The molecule has 1 aromatic rings. The number of carboxylic acid groups (broad SMARTS) is 2. The maximum Gasteiger partial charge on any atom is 0.335 e. The third-order valence-electron chi connectivity index (χ3n) is 7.54. The van der Waals surface area contributed by atoms with Crippen LogP contribution in [0.5, 0.6) is 5.75 Å². The van der Waals surface area contributed by atoms with Gasteiger partial charge in [-0.1, -0.05) is 32.1 Å². The van der Waals surface area contributed by atoms with Crippen molar-refractivity contribution in [1.29, 1.82) is 0 Å². The van der Waals surface area contributed by atoms with Crippen LogP contribution in [0.15, 0.2) is 24.3 Å². The molecule has 0 aromatic heterocycles. The van der Waals surface area contributed by atoms with E-state index >= 15 is 0 Å². The molecule has 0 unspecified atom stereocenters. The second kappa shape index (κ2) is 29.5. The molecule has 1 amide bonds. The zero-order chi connectivity index (χ0) is 36.0. The van der Waals surface area contributed by atoms with E-state index < -0.39 is 17.9 Å². The summed E-state index contributed by atoms with van der Waals surface area (Å²) < 4.78 is 26.9. The number of ketones is 2. The lowest BCUT2D eigenvalue weighted by Gasteiger charge is -2.12. The Morgan fingerprint density at radius 3 is 1.94 bits per heavy atom. The Morgan fingerprint density at radius 2 is 1.27 bits per heavy atom. The highest BCUT2D eigenvalue weighted by molar-refractivity contribution is 5.87. The Morgan fingerprint density at radius 1 is 0.653 bits per heavy atom. The molecule has 0 aliphatic carbocycles. The minimum absolute atomic E-state index is 0.00478. The average molecular weight is 696 g/mol. The van der Waals surface area contributed by atoms with Gasteiger partial charge in [-0.2, -0.15) is 0 Å². The number of carboxylic acids is 2. The zero-order valence-corrected chi connectivity index (χ0v) is 29.1. The molecular formula is C36H57NO12. The molecule has 0 bridgehead atoms. The van der Waals surface area contributed by atoms with Crippen molar-refractivity contribution < 1.29 is 57.9 Å². The predicted octanol–water partition coefficient (Wildman–Crippen LogP) is 4.88. The molecule has 278 valence electrons. The normalized spacial score (nSPS) is 11.6. The number of benzene rings is 1. The van der Waals surface area contributed by atoms with Crippen LogP contribution in [0.1, 0.15) is 101 Å². The Balaban J connectivity index is 1.98. The van der Waals surface area contributed by atoms with Crippen LogP contribution >= 0.6 is 0 Å². The van der Waals surface area contributed by atoms with E-state index in [0.29, 0.717) is 64.5 Å². The zero-order valence-electron chi connectivity index (χ0n) is 29.1. The number of amides is 1. The van der Waals surface area contributed by atoms with Crippen molar-refractivity contribution in [3.8, 4) is 5.75 Å². The Labute approximate surface area is 290 Å². The molecule has 0 radical (unpaired) electrons. The third kappa shape index (κ3) is 25.3. The molecule has 0 aliphatic rings. The number of hydrogen-bond donors (Lipinski definition) is 3. The second-order valence-corrected chi connectivity index (χ2v) is 11.7. The van der Waals surface area contributed by atoms with E-state index in [9.17, 15) is 29.1 Å². The maximum atomic E-state index is 12.4. The van der Waals surface area contributed by atoms with Gasteiger partial charge < -0.3 is 39.2 Å². The van der Waals surface area contributed by atoms with Gasteiger partial charge in [0.05, 0.1) is 51.1 Å². The standard InChI is InChI=1S/C36H57NO12/c1-2-45-23-24-46-20-10-12-32(39)28-48-26-25-47-22-19-37-34(40)18-15-30(36(43)44)27-31(38)11-8-6-4-3-5-7-9-21-49-33-16-13-29(14-17-33)35(41)42/h13-14,16-17,30H,2-12,15,18-28H2,1H3,(H,37,40)(H,41,42)(H,43,44)/t30-/m1/s1. The van der Waals surface area contributed by atoms with Crippen molar-refractivity contribution in [2.45, 2.75) is 90.4 Å². The summed E-state index contributed by atoms with van der Waals surface area (Å²) in [5, 5.41) is 21.1. The van der Waals surface area contributed by atoms with Gasteiger partial charge in [0.2, 0.25) is 5.91 Å². The molecule has 0 spiro atoms. The van der Waals surface area contributed by atoms with Gasteiger partial charge in [-0.3, -0.25) is 19.2 Å². The first kappa shape index (κ1) is 43.6. The van der Waals surface area contributed by atoms with Gasteiger partial charge in [-0.25, -0.2) is 4.79 Å². The van der Waals surface area contributed by atoms with E-state index in [1.54, 1.807) is 12.1 Å². The molecule has 0 saturated carbocycles. The van der Waals surface area contributed by atoms with Crippen LogP contribution < -0.4 is 10.1 Å². The lowest BCUT2D eigenvalue weighted by molar-refractivity contribution is -0.144. The van der Waals surface area contributed by atoms with E-state index in [1.807, 2.05) is 6.92 Å². The molecule has 0 aliphatic heterocycles. The SMILES string of the molecule is CCOCCOCCCC(=O)COCCOCCNC(=O)CC[C@H](CC(=O)CCCCCCCCCOc1ccc(C(=O)O)cc1)C(=O)O. The fourth-order valence-corrected chi connectivity index (χ4v) is 4.75. The van der Waals surface area contributed by atoms with Crippen LogP contribution in [0.2, 0.25) is 0 Å². The van der Waals surface area contributed by atoms with Crippen molar-refractivity contribution in [1.82, 2.24) is 5.32 Å². The van der Waals surface area contributed by atoms with Crippen LogP contribution in [0.3, 0.4) is 0 Å². The molecular weight excluding hydrogens is 638 g/mol. The molecule has 1 rings (SSSR count). The first-order chi connectivity index (χ1) is 23.7. The first-order valence-corrected chi connectivity index (χ1v) is 17.5. The molecule has 0 saturated heterocycles. The van der Waals surface area contributed by atoms with Crippen molar-refractivity contribution in [2.75, 3.05) is 66.0 Å². The topological polar surface area (TPSA) is 184 Å². The Kier molecular flexibility index (Phi) is 26.3. The van der Waals surface area contributed by atoms with E-state index in [0.717, 1.165) is 38.5 Å². The molecule has 1 aromatic carbocycles. The number of aromatic carboxylic acids is 1. The quantitative estimate of drug-likeness (QED) is 0.0832. The second-order valence-electron chi connectivity index (χ2n) is 11.7. The van der Waals surface area contributed by atoms with Crippen molar-refractivity contribution >= 4 is 29.4 Å². The van der Waals surface area contributed by atoms with Crippen molar-refractivity contribution in [3.63, 3.8) is 0 Å². The number of aliphatic carboxylic acids is 1. The van der Waals surface area contributed by atoms with E-state index in [2.05, 4.69) is 5.32 Å².